The number of rotatable bonds is 8. The van der Waals surface area contributed by atoms with Crippen molar-refractivity contribution in [1.29, 1.82) is 0 Å². The third-order valence-corrected chi connectivity index (χ3v) is 2.96. The average Bonchev–Trinajstić information content (AvgIpc) is 2.47. The second-order valence-corrected chi connectivity index (χ2v) is 4.68. The molecule has 0 aliphatic carbocycles. The summed E-state index contributed by atoms with van der Waals surface area (Å²) in [5, 5.41) is 5.59. The van der Waals surface area contributed by atoms with Crippen molar-refractivity contribution in [2.24, 2.45) is 0 Å². The van der Waals surface area contributed by atoms with E-state index in [-0.39, 0.29) is 12.1 Å². The maximum Gasteiger partial charge on any atom is 0.315 e. The normalized spacial score (nSPS) is 11.6. The fourth-order valence-electron chi connectivity index (χ4n) is 1.95. The van der Waals surface area contributed by atoms with E-state index in [0.29, 0.717) is 19.6 Å². The van der Waals surface area contributed by atoms with E-state index in [2.05, 4.69) is 10.6 Å². The number of nitrogens with one attached hydrogen (secondary N) is 2. The standard InChI is InChI=1S/C15H24N2O4/c1-11(10-19-2)17-15(18)16-8-7-12-9-13(20-3)5-6-14(12)21-4/h5-6,9,11H,7-8,10H2,1-4H3,(H2,16,17,18)/t11-/m0/s1. The van der Waals surface area contributed by atoms with Gasteiger partial charge >= 0.3 is 6.03 Å². The molecule has 1 aromatic carbocycles. The minimum Gasteiger partial charge on any atom is -0.497 e. The highest BCUT2D eigenvalue weighted by Crippen LogP contribution is 2.23. The van der Waals surface area contributed by atoms with Crippen molar-refractivity contribution < 1.29 is 19.0 Å². The number of benzene rings is 1. The van der Waals surface area contributed by atoms with Crippen LogP contribution in [0.3, 0.4) is 0 Å². The highest BCUT2D eigenvalue weighted by molar-refractivity contribution is 5.74. The van der Waals surface area contributed by atoms with Crippen molar-refractivity contribution in [3.63, 3.8) is 0 Å². The van der Waals surface area contributed by atoms with E-state index in [1.807, 2.05) is 25.1 Å². The zero-order valence-corrected chi connectivity index (χ0v) is 13.1. The van der Waals surface area contributed by atoms with Crippen LogP contribution in [0, 0.1) is 0 Å². The van der Waals surface area contributed by atoms with Crippen molar-refractivity contribution >= 4 is 6.03 Å². The fraction of sp³-hybridized carbons (Fsp3) is 0.533. The smallest absolute Gasteiger partial charge is 0.315 e. The van der Waals surface area contributed by atoms with E-state index in [9.17, 15) is 4.79 Å². The molecule has 0 unspecified atom stereocenters. The summed E-state index contributed by atoms with van der Waals surface area (Å²) in [4.78, 5) is 11.7. The first-order chi connectivity index (χ1) is 10.1. The van der Waals surface area contributed by atoms with Crippen LogP contribution in [0.25, 0.3) is 0 Å². The van der Waals surface area contributed by atoms with E-state index < -0.39 is 0 Å². The number of amides is 2. The summed E-state index contributed by atoms with van der Waals surface area (Å²) in [6.45, 7) is 2.88. The summed E-state index contributed by atoms with van der Waals surface area (Å²) < 4.78 is 15.5. The lowest BCUT2D eigenvalue weighted by Gasteiger charge is -2.14. The van der Waals surface area contributed by atoms with Gasteiger partial charge in [-0.25, -0.2) is 4.79 Å². The Hall–Kier alpha value is -1.95. The van der Waals surface area contributed by atoms with Crippen LogP contribution < -0.4 is 20.1 Å². The van der Waals surface area contributed by atoms with Crippen LogP contribution in [0.2, 0.25) is 0 Å². The molecular formula is C15H24N2O4. The molecule has 6 nitrogen and oxygen atoms in total. The Morgan fingerprint density at radius 1 is 1.24 bits per heavy atom. The molecule has 1 atom stereocenters. The highest BCUT2D eigenvalue weighted by atomic mass is 16.5. The molecule has 6 heteroatoms. The van der Waals surface area contributed by atoms with E-state index in [1.165, 1.54) is 0 Å². The first-order valence-corrected chi connectivity index (χ1v) is 6.85. The van der Waals surface area contributed by atoms with Gasteiger partial charge in [0, 0.05) is 13.7 Å². The van der Waals surface area contributed by atoms with Crippen molar-refractivity contribution in [3.05, 3.63) is 23.8 Å². The molecule has 0 heterocycles. The Kier molecular flexibility index (Phi) is 7.39. The Morgan fingerprint density at radius 2 is 2.00 bits per heavy atom. The van der Waals surface area contributed by atoms with Gasteiger partial charge in [0.25, 0.3) is 0 Å². The number of hydrogen-bond donors (Lipinski definition) is 2. The second-order valence-electron chi connectivity index (χ2n) is 4.68. The van der Waals surface area contributed by atoms with Gasteiger partial charge in [-0.1, -0.05) is 0 Å². The summed E-state index contributed by atoms with van der Waals surface area (Å²) in [7, 11) is 4.84. The molecule has 0 spiro atoms. The fourth-order valence-corrected chi connectivity index (χ4v) is 1.95. The Labute approximate surface area is 125 Å². The van der Waals surface area contributed by atoms with Gasteiger partial charge in [-0.05, 0) is 37.1 Å². The van der Waals surface area contributed by atoms with Crippen LogP contribution in [0.15, 0.2) is 18.2 Å². The molecule has 0 fully saturated rings. The summed E-state index contributed by atoms with van der Waals surface area (Å²) in [6, 6.07) is 5.37. The number of carbonyl (C=O) groups is 1. The molecule has 118 valence electrons. The lowest BCUT2D eigenvalue weighted by atomic mass is 10.1. The SMILES string of the molecule is COC[C@H](C)NC(=O)NCCc1cc(OC)ccc1OC. The first kappa shape index (κ1) is 17.1. The number of urea groups is 1. The Bertz CT molecular complexity index is 451. The van der Waals surface area contributed by atoms with Gasteiger partial charge < -0.3 is 24.8 Å². The molecule has 0 radical (unpaired) electrons. The maximum absolute atomic E-state index is 11.7. The second kappa shape index (κ2) is 9.07. The number of ether oxygens (including phenoxy) is 3. The largest absolute Gasteiger partial charge is 0.497 e. The molecule has 2 N–H and O–H groups in total. The van der Waals surface area contributed by atoms with E-state index >= 15 is 0 Å². The highest BCUT2D eigenvalue weighted by Gasteiger charge is 2.08. The van der Waals surface area contributed by atoms with Gasteiger partial charge in [0.1, 0.15) is 11.5 Å². The van der Waals surface area contributed by atoms with Gasteiger partial charge in [0.05, 0.1) is 26.9 Å². The molecule has 0 aliphatic heterocycles. The molecule has 0 bridgehead atoms. The summed E-state index contributed by atoms with van der Waals surface area (Å²) in [6.07, 6.45) is 0.659. The summed E-state index contributed by atoms with van der Waals surface area (Å²) in [5.74, 6) is 1.55. The van der Waals surface area contributed by atoms with Crippen LogP contribution in [0.1, 0.15) is 12.5 Å². The molecule has 21 heavy (non-hydrogen) atoms. The third-order valence-electron chi connectivity index (χ3n) is 2.96. The Balaban J connectivity index is 2.46. The van der Waals surface area contributed by atoms with Gasteiger partial charge in [-0.15, -0.1) is 0 Å². The monoisotopic (exact) mass is 296 g/mol. The molecule has 1 rings (SSSR count). The average molecular weight is 296 g/mol. The van der Waals surface area contributed by atoms with Crippen molar-refractivity contribution in [2.45, 2.75) is 19.4 Å². The number of hydrogen-bond acceptors (Lipinski definition) is 4. The molecular weight excluding hydrogens is 272 g/mol. The number of carbonyl (C=O) groups excluding carboxylic acids is 1. The van der Waals surface area contributed by atoms with Gasteiger partial charge in [-0.3, -0.25) is 0 Å². The van der Waals surface area contributed by atoms with Crippen LogP contribution in [-0.2, 0) is 11.2 Å². The minimum absolute atomic E-state index is 0.0265. The number of methoxy groups -OCH3 is 3. The van der Waals surface area contributed by atoms with Crippen LogP contribution in [-0.4, -0.2) is 46.6 Å². The topological polar surface area (TPSA) is 68.8 Å². The zero-order chi connectivity index (χ0) is 15.7. The first-order valence-electron chi connectivity index (χ1n) is 6.85. The van der Waals surface area contributed by atoms with Crippen LogP contribution in [0.5, 0.6) is 11.5 Å². The lowest BCUT2D eigenvalue weighted by molar-refractivity contribution is 0.171. The molecule has 0 saturated heterocycles. The third kappa shape index (κ3) is 5.91. The van der Waals surface area contributed by atoms with Crippen molar-refractivity contribution in [2.75, 3.05) is 34.5 Å². The van der Waals surface area contributed by atoms with E-state index in [1.54, 1.807) is 21.3 Å². The predicted molar refractivity (Wildman–Crippen MR) is 81.1 cm³/mol. The molecule has 0 aromatic heterocycles. The van der Waals surface area contributed by atoms with Gasteiger partial charge in [-0.2, -0.15) is 0 Å². The quantitative estimate of drug-likeness (QED) is 0.764. The molecule has 2 amide bonds. The summed E-state index contributed by atoms with van der Waals surface area (Å²) in [5.41, 5.74) is 0.988. The predicted octanol–water partition coefficient (Wildman–Crippen LogP) is 1.58. The minimum atomic E-state index is -0.207. The molecule has 1 aromatic rings. The van der Waals surface area contributed by atoms with E-state index in [0.717, 1.165) is 17.1 Å². The summed E-state index contributed by atoms with van der Waals surface area (Å²) >= 11 is 0. The van der Waals surface area contributed by atoms with Gasteiger partial charge in [0.15, 0.2) is 0 Å². The maximum atomic E-state index is 11.7. The van der Waals surface area contributed by atoms with Crippen LogP contribution >= 0.6 is 0 Å². The van der Waals surface area contributed by atoms with Crippen molar-refractivity contribution in [1.82, 2.24) is 10.6 Å². The molecule has 0 saturated carbocycles. The lowest BCUT2D eigenvalue weighted by Crippen LogP contribution is -2.43. The molecule has 0 aliphatic rings. The van der Waals surface area contributed by atoms with Gasteiger partial charge in [0.2, 0.25) is 0 Å². The van der Waals surface area contributed by atoms with Crippen molar-refractivity contribution in [3.8, 4) is 11.5 Å². The zero-order valence-electron chi connectivity index (χ0n) is 13.1. The Morgan fingerprint density at radius 3 is 2.62 bits per heavy atom. The van der Waals surface area contributed by atoms with Crippen LogP contribution in [0.4, 0.5) is 4.79 Å². The van der Waals surface area contributed by atoms with E-state index in [4.69, 9.17) is 14.2 Å².